The van der Waals surface area contributed by atoms with Gasteiger partial charge in [0, 0.05) is 35.2 Å². The molecular formula is C17H17N5O3S. The van der Waals surface area contributed by atoms with Crippen LogP contribution in [0, 0.1) is 10.1 Å². The van der Waals surface area contributed by atoms with Gasteiger partial charge in [0.25, 0.3) is 11.6 Å². The van der Waals surface area contributed by atoms with E-state index in [1.54, 1.807) is 12.1 Å². The maximum atomic E-state index is 12.5. The smallest absolute Gasteiger partial charge is 0.270 e. The zero-order valence-electron chi connectivity index (χ0n) is 14.0. The van der Waals surface area contributed by atoms with E-state index in [2.05, 4.69) is 20.1 Å². The molecule has 8 nitrogen and oxygen atoms in total. The number of nitro groups is 1. The quantitative estimate of drug-likeness (QED) is 0.561. The zero-order valence-corrected chi connectivity index (χ0v) is 14.8. The fraction of sp³-hybridized carbons (Fsp3) is 0.353. The van der Waals surface area contributed by atoms with Gasteiger partial charge in [0.2, 0.25) is 0 Å². The first-order valence-electron chi connectivity index (χ1n) is 8.49. The first kappa shape index (κ1) is 16.6. The minimum atomic E-state index is -0.437. The predicted octanol–water partition coefficient (Wildman–Crippen LogP) is 3.06. The molecule has 0 fully saturated rings. The molecule has 3 aromatic rings. The van der Waals surface area contributed by atoms with E-state index in [1.165, 1.54) is 29.9 Å². The van der Waals surface area contributed by atoms with Gasteiger partial charge >= 0.3 is 0 Å². The van der Waals surface area contributed by atoms with Crippen molar-refractivity contribution in [3.8, 4) is 0 Å². The molecule has 1 aliphatic heterocycles. The van der Waals surface area contributed by atoms with Gasteiger partial charge in [0.1, 0.15) is 5.82 Å². The molecule has 0 atom stereocenters. The molecule has 2 aromatic heterocycles. The number of amides is 1. The maximum Gasteiger partial charge on any atom is 0.270 e. The molecule has 4 rings (SSSR count). The van der Waals surface area contributed by atoms with E-state index in [4.69, 9.17) is 0 Å². The Morgan fingerprint density at radius 1 is 1.27 bits per heavy atom. The summed E-state index contributed by atoms with van der Waals surface area (Å²) in [5, 5.41) is 22.9. The van der Waals surface area contributed by atoms with Crippen molar-refractivity contribution in [3.63, 3.8) is 0 Å². The second-order valence-corrected chi connectivity index (χ2v) is 7.35. The molecule has 1 N–H and O–H groups in total. The number of rotatable bonds is 4. The molecule has 0 saturated heterocycles. The summed E-state index contributed by atoms with van der Waals surface area (Å²) in [5.41, 5.74) is 0.0217. The van der Waals surface area contributed by atoms with Crippen molar-refractivity contribution in [1.29, 1.82) is 0 Å². The third kappa shape index (κ3) is 3.17. The van der Waals surface area contributed by atoms with E-state index < -0.39 is 4.92 Å². The van der Waals surface area contributed by atoms with Crippen LogP contribution in [0.2, 0.25) is 0 Å². The van der Waals surface area contributed by atoms with E-state index in [-0.39, 0.29) is 11.6 Å². The molecular weight excluding hydrogens is 354 g/mol. The molecule has 0 radical (unpaired) electrons. The number of benzene rings is 1. The van der Waals surface area contributed by atoms with Crippen molar-refractivity contribution in [2.45, 2.75) is 38.8 Å². The molecule has 0 saturated carbocycles. The number of non-ortho nitro benzene ring substituents is 1. The van der Waals surface area contributed by atoms with Crippen molar-refractivity contribution in [2.24, 2.45) is 0 Å². The van der Waals surface area contributed by atoms with Crippen LogP contribution in [0.4, 0.5) is 5.69 Å². The van der Waals surface area contributed by atoms with E-state index >= 15 is 0 Å². The van der Waals surface area contributed by atoms with Crippen LogP contribution in [0.25, 0.3) is 10.1 Å². The highest BCUT2D eigenvalue weighted by atomic mass is 32.1. The summed E-state index contributed by atoms with van der Waals surface area (Å²) in [6.45, 7) is 1.21. The largest absolute Gasteiger partial charge is 0.344 e. The number of thiophene rings is 1. The van der Waals surface area contributed by atoms with E-state index in [0.29, 0.717) is 16.8 Å². The van der Waals surface area contributed by atoms with Crippen molar-refractivity contribution >= 4 is 33.0 Å². The fourth-order valence-electron chi connectivity index (χ4n) is 3.18. The Kier molecular flexibility index (Phi) is 4.37. The van der Waals surface area contributed by atoms with Gasteiger partial charge in [-0.1, -0.05) is 6.42 Å². The molecule has 0 aliphatic carbocycles. The summed E-state index contributed by atoms with van der Waals surface area (Å²) < 4.78 is 2.94. The molecule has 0 spiro atoms. The number of nitrogens with one attached hydrogen (secondary N) is 1. The molecule has 9 heteroatoms. The number of aromatic nitrogens is 3. The van der Waals surface area contributed by atoms with Crippen molar-refractivity contribution < 1.29 is 9.72 Å². The fourth-order valence-corrected chi connectivity index (χ4v) is 4.14. The predicted molar refractivity (Wildman–Crippen MR) is 97.2 cm³/mol. The number of carbonyl (C=O) groups excluding carboxylic acids is 1. The second-order valence-electron chi connectivity index (χ2n) is 6.27. The van der Waals surface area contributed by atoms with Crippen molar-refractivity contribution in [1.82, 2.24) is 20.1 Å². The molecule has 26 heavy (non-hydrogen) atoms. The van der Waals surface area contributed by atoms with Gasteiger partial charge in [-0.25, -0.2) is 0 Å². The molecule has 1 aliphatic rings. The average Bonchev–Trinajstić information content (AvgIpc) is 3.15. The van der Waals surface area contributed by atoms with Crippen LogP contribution in [0.15, 0.2) is 24.3 Å². The summed E-state index contributed by atoms with van der Waals surface area (Å²) in [4.78, 5) is 23.4. The average molecular weight is 371 g/mol. The summed E-state index contributed by atoms with van der Waals surface area (Å²) in [6, 6.07) is 6.30. The minimum Gasteiger partial charge on any atom is -0.344 e. The van der Waals surface area contributed by atoms with Crippen LogP contribution < -0.4 is 5.32 Å². The number of nitrogens with zero attached hydrogens (tertiary/aromatic N) is 4. The molecule has 0 unspecified atom stereocenters. The van der Waals surface area contributed by atoms with Crippen molar-refractivity contribution in [2.75, 3.05) is 0 Å². The number of hydrogen-bond donors (Lipinski definition) is 1. The maximum absolute atomic E-state index is 12.5. The Balaban J connectivity index is 1.49. The molecule has 134 valence electrons. The zero-order chi connectivity index (χ0) is 18.1. The highest BCUT2D eigenvalue weighted by Gasteiger charge is 2.17. The van der Waals surface area contributed by atoms with Gasteiger partial charge in [-0.2, -0.15) is 0 Å². The highest BCUT2D eigenvalue weighted by molar-refractivity contribution is 7.20. The Bertz CT molecular complexity index is 994. The van der Waals surface area contributed by atoms with E-state index in [0.717, 1.165) is 42.2 Å². The number of fused-ring (bicyclic) bond motifs is 2. The Hall–Kier alpha value is -2.81. The van der Waals surface area contributed by atoms with Crippen molar-refractivity contribution in [3.05, 3.63) is 50.9 Å². The Morgan fingerprint density at radius 3 is 3.00 bits per heavy atom. The Labute approximate surface area is 153 Å². The van der Waals surface area contributed by atoms with E-state index in [1.807, 2.05) is 0 Å². The second kappa shape index (κ2) is 6.83. The SMILES string of the molecule is O=C(NCc1nnc2n1CCCCC2)c1cc2cc([N+](=O)[O-])ccc2s1. The lowest BCUT2D eigenvalue weighted by atomic mass is 10.2. The van der Waals surface area contributed by atoms with Crippen LogP contribution >= 0.6 is 11.3 Å². The first-order chi connectivity index (χ1) is 12.6. The third-order valence-corrected chi connectivity index (χ3v) is 5.64. The number of nitro benzene ring substituents is 1. The van der Waals surface area contributed by atoms with Gasteiger partial charge in [0.05, 0.1) is 16.3 Å². The Morgan fingerprint density at radius 2 is 2.15 bits per heavy atom. The summed E-state index contributed by atoms with van der Waals surface area (Å²) in [7, 11) is 0. The van der Waals surface area contributed by atoms with Crippen LogP contribution in [0.3, 0.4) is 0 Å². The number of aryl methyl sites for hydroxylation is 1. The highest BCUT2D eigenvalue weighted by Crippen LogP contribution is 2.29. The van der Waals surface area contributed by atoms with Gasteiger partial charge in [-0.05, 0) is 25.0 Å². The lowest BCUT2D eigenvalue weighted by molar-refractivity contribution is -0.384. The lowest BCUT2D eigenvalue weighted by Crippen LogP contribution is -2.24. The number of hydrogen-bond acceptors (Lipinski definition) is 6. The van der Waals surface area contributed by atoms with Gasteiger partial charge in [0.15, 0.2) is 5.82 Å². The van der Waals surface area contributed by atoms with E-state index in [9.17, 15) is 14.9 Å². The minimum absolute atomic E-state index is 0.0217. The summed E-state index contributed by atoms with van der Waals surface area (Å²) >= 11 is 1.32. The monoisotopic (exact) mass is 371 g/mol. The lowest BCUT2D eigenvalue weighted by Gasteiger charge is -2.07. The van der Waals surface area contributed by atoms with Crippen LogP contribution in [-0.4, -0.2) is 25.6 Å². The normalized spacial score (nSPS) is 14.0. The number of carbonyl (C=O) groups is 1. The van der Waals surface area contributed by atoms with Gasteiger partial charge in [-0.3, -0.25) is 14.9 Å². The summed E-state index contributed by atoms with van der Waals surface area (Å²) in [5.74, 6) is 1.55. The van der Waals surface area contributed by atoms with Crippen LogP contribution in [0.1, 0.15) is 40.6 Å². The summed E-state index contributed by atoms with van der Waals surface area (Å²) in [6.07, 6.45) is 4.33. The van der Waals surface area contributed by atoms with Crippen LogP contribution in [0.5, 0.6) is 0 Å². The molecule has 1 amide bonds. The molecule has 0 bridgehead atoms. The topological polar surface area (TPSA) is 103 Å². The van der Waals surface area contributed by atoms with Crippen LogP contribution in [-0.2, 0) is 19.5 Å². The first-order valence-corrected chi connectivity index (χ1v) is 9.30. The third-order valence-electron chi connectivity index (χ3n) is 4.53. The standard InChI is InChI=1S/C17H17N5O3S/c23-17(14-9-11-8-12(22(24)25)5-6-13(11)26-14)18-10-16-20-19-15-4-2-1-3-7-21(15)16/h5-6,8-9H,1-4,7,10H2,(H,18,23). The molecule has 3 heterocycles. The van der Waals surface area contributed by atoms with Gasteiger partial charge < -0.3 is 9.88 Å². The van der Waals surface area contributed by atoms with Gasteiger partial charge in [-0.15, -0.1) is 21.5 Å². The molecule has 1 aromatic carbocycles.